The van der Waals surface area contributed by atoms with Crippen LogP contribution in [0, 0.1) is 11.8 Å². The molecule has 1 aromatic heterocycles. The second-order valence-corrected chi connectivity index (χ2v) is 5.72. The van der Waals surface area contributed by atoms with E-state index < -0.39 is 0 Å². The zero-order valence-electron chi connectivity index (χ0n) is 12.1. The van der Waals surface area contributed by atoms with E-state index in [1.54, 1.807) is 10.6 Å². The summed E-state index contributed by atoms with van der Waals surface area (Å²) < 4.78 is 1.73. The second-order valence-electron chi connectivity index (χ2n) is 5.72. The number of hydrogen-bond acceptors (Lipinski definition) is 2. The molecule has 1 heterocycles. The number of hydrogen-bond donors (Lipinski definition) is 1. The lowest BCUT2D eigenvalue weighted by Gasteiger charge is -2.26. The molecule has 1 aromatic rings. The van der Waals surface area contributed by atoms with Gasteiger partial charge in [0.2, 0.25) is 0 Å². The van der Waals surface area contributed by atoms with E-state index in [9.17, 15) is 4.79 Å². The third-order valence-electron chi connectivity index (χ3n) is 3.80. The number of pyridine rings is 1. The average molecular weight is 260 g/mol. The Bertz CT molecular complexity index is 516. The van der Waals surface area contributed by atoms with E-state index in [-0.39, 0.29) is 5.56 Å². The molecule has 1 aliphatic rings. The van der Waals surface area contributed by atoms with Gasteiger partial charge in [-0.3, -0.25) is 4.79 Å². The molecule has 2 unspecified atom stereocenters. The quantitative estimate of drug-likeness (QED) is 0.843. The molecule has 0 saturated heterocycles. The fourth-order valence-corrected chi connectivity index (χ4v) is 2.99. The monoisotopic (exact) mass is 260 g/mol. The van der Waals surface area contributed by atoms with Gasteiger partial charge < -0.3 is 9.88 Å². The van der Waals surface area contributed by atoms with Crippen LogP contribution in [0.1, 0.15) is 33.6 Å². The van der Waals surface area contributed by atoms with Crippen molar-refractivity contribution in [3.05, 3.63) is 40.3 Å². The summed E-state index contributed by atoms with van der Waals surface area (Å²) in [5, 5.41) is 3.47. The Kier molecular flexibility index (Phi) is 4.46. The lowest BCUT2D eigenvalue weighted by Crippen LogP contribution is -2.22. The third-order valence-corrected chi connectivity index (χ3v) is 3.80. The summed E-state index contributed by atoms with van der Waals surface area (Å²) in [4.78, 5) is 11.5. The minimum Gasteiger partial charge on any atom is -0.384 e. The SMILES string of the molecule is CCn1cc(NCC2CC(C)=CC(C)C2)ccc1=O. The van der Waals surface area contributed by atoms with Gasteiger partial charge in [-0.15, -0.1) is 0 Å². The Balaban J connectivity index is 1.96. The van der Waals surface area contributed by atoms with Crippen LogP contribution in [0.3, 0.4) is 0 Å². The van der Waals surface area contributed by atoms with Crippen LogP contribution in [0.5, 0.6) is 0 Å². The van der Waals surface area contributed by atoms with E-state index in [1.807, 2.05) is 19.2 Å². The molecule has 3 nitrogen and oxygen atoms in total. The topological polar surface area (TPSA) is 34.0 Å². The molecule has 0 aromatic carbocycles. The van der Waals surface area contributed by atoms with Crippen molar-refractivity contribution in [2.45, 2.75) is 40.2 Å². The number of rotatable bonds is 4. The molecule has 3 heteroatoms. The van der Waals surface area contributed by atoms with Crippen LogP contribution in [0.15, 0.2) is 34.8 Å². The number of nitrogens with one attached hydrogen (secondary N) is 1. The highest BCUT2D eigenvalue weighted by Gasteiger charge is 2.17. The number of nitrogens with zero attached hydrogens (tertiary/aromatic N) is 1. The van der Waals surface area contributed by atoms with Gasteiger partial charge in [0.1, 0.15) is 0 Å². The fourth-order valence-electron chi connectivity index (χ4n) is 2.99. The summed E-state index contributed by atoms with van der Waals surface area (Å²) in [6.07, 6.45) is 6.73. The molecule has 0 fully saturated rings. The summed E-state index contributed by atoms with van der Waals surface area (Å²) in [5.74, 6) is 1.38. The van der Waals surface area contributed by atoms with Gasteiger partial charge in [-0.05, 0) is 44.6 Å². The number of aromatic nitrogens is 1. The van der Waals surface area contributed by atoms with Crippen molar-refractivity contribution in [2.75, 3.05) is 11.9 Å². The van der Waals surface area contributed by atoms with E-state index in [0.29, 0.717) is 11.8 Å². The van der Waals surface area contributed by atoms with Gasteiger partial charge >= 0.3 is 0 Å². The predicted molar refractivity (Wildman–Crippen MR) is 80.5 cm³/mol. The van der Waals surface area contributed by atoms with Gasteiger partial charge in [0.15, 0.2) is 0 Å². The molecule has 1 N–H and O–H groups in total. The van der Waals surface area contributed by atoms with Gasteiger partial charge in [0.05, 0.1) is 5.69 Å². The summed E-state index contributed by atoms with van der Waals surface area (Å²) in [7, 11) is 0. The van der Waals surface area contributed by atoms with Crippen molar-refractivity contribution in [1.82, 2.24) is 4.57 Å². The lowest BCUT2D eigenvalue weighted by atomic mass is 9.84. The molecule has 19 heavy (non-hydrogen) atoms. The maximum Gasteiger partial charge on any atom is 0.250 e. The van der Waals surface area contributed by atoms with Crippen LogP contribution >= 0.6 is 0 Å². The minimum atomic E-state index is 0.0677. The Labute approximate surface area is 115 Å². The highest BCUT2D eigenvalue weighted by molar-refractivity contribution is 5.40. The van der Waals surface area contributed by atoms with E-state index >= 15 is 0 Å². The van der Waals surface area contributed by atoms with E-state index in [1.165, 1.54) is 18.4 Å². The largest absolute Gasteiger partial charge is 0.384 e. The summed E-state index contributed by atoms with van der Waals surface area (Å²) >= 11 is 0. The summed E-state index contributed by atoms with van der Waals surface area (Å²) in [5.41, 5.74) is 2.61. The average Bonchev–Trinajstić information content (AvgIpc) is 2.36. The molecular weight excluding hydrogens is 236 g/mol. The molecule has 0 spiro atoms. The smallest absolute Gasteiger partial charge is 0.250 e. The molecule has 2 rings (SSSR count). The predicted octanol–water partition coefficient (Wildman–Crippen LogP) is 3.27. The summed E-state index contributed by atoms with van der Waals surface area (Å²) in [6, 6.07) is 3.52. The van der Waals surface area contributed by atoms with E-state index in [2.05, 4.69) is 25.2 Å². The fraction of sp³-hybridized carbons (Fsp3) is 0.562. The van der Waals surface area contributed by atoms with Crippen LogP contribution in [0.4, 0.5) is 5.69 Å². The first-order valence-corrected chi connectivity index (χ1v) is 7.20. The van der Waals surface area contributed by atoms with E-state index in [4.69, 9.17) is 0 Å². The third kappa shape index (κ3) is 3.72. The zero-order valence-corrected chi connectivity index (χ0v) is 12.1. The molecule has 1 aliphatic carbocycles. The zero-order chi connectivity index (χ0) is 13.8. The molecule has 0 amide bonds. The first-order valence-electron chi connectivity index (χ1n) is 7.20. The molecule has 0 bridgehead atoms. The van der Waals surface area contributed by atoms with Crippen molar-refractivity contribution < 1.29 is 0 Å². The highest BCUT2D eigenvalue weighted by Crippen LogP contribution is 2.27. The number of anilines is 1. The van der Waals surface area contributed by atoms with Crippen molar-refractivity contribution in [2.24, 2.45) is 11.8 Å². The Morgan fingerprint density at radius 1 is 1.42 bits per heavy atom. The van der Waals surface area contributed by atoms with Gasteiger partial charge in [-0.1, -0.05) is 18.6 Å². The summed E-state index contributed by atoms with van der Waals surface area (Å²) in [6.45, 7) is 8.20. The maximum absolute atomic E-state index is 11.5. The maximum atomic E-state index is 11.5. The Morgan fingerprint density at radius 2 is 2.21 bits per heavy atom. The van der Waals surface area contributed by atoms with Gasteiger partial charge in [0.25, 0.3) is 5.56 Å². The van der Waals surface area contributed by atoms with Crippen LogP contribution < -0.4 is 10.9 Å². The molecule has 0 aliphatic heterocycles. The van der Waals surface area contributed by atoms with Crippen LogP contribution in [0.2, 0.25) is 0 Å². The van der Waals surface area contributed by atoms with Crippen molar-refractivity contribution >= 4 is 5.69 Å². The van der Waals surface area contributed by atoms with Crippen molar-refractivity contribution in [3.8, 4) is 0 Å². The molecule has 2 atom stereocenters. The lowest BCUT2D eigenvalue weighted by molar-refractivity contribution is 0.421. The first-order chi connectivity index (χ1) is 9.08. The van der Waals surface area contributed by atoms with Crippen LogP contribution in [0.25, 0.3) is 0 Å². The minimum absolute atomic E-state index is 0.0677. The first kappa shape index (κ1) is 13.9. The van der Waals surface area contributed by atoms with Crippen molar-refractivity contribution in [3.63, 3.8) is 0 Å². The Hall–Kier alpha value is -1.51. The second kappa shape index (κ2) is 6.09. The van der Waals surface area contributed by atoms with E-state index in [0.717, 1.165) is 18.8 Å². The molecule has 0 saturated carbocycles. The normalized spacial score (nSPS) is 23.0. The van der Waals surface area contributed by atoms with Gasteiger partial charge in [-0.25, -0.2) is 0 Å². The molecule has 0 radical (unpaired) electrons. The number of allylic oxidation sites excluding steroid dienone is 2. The van der Waals surface area contributed by atoms with Gasteiger partial charge in [-0.2, -0.15) is 0 Å². The molecule has 104 valence electrons. The molecular formula is C16H24N2O. The van der Waals surface area contributed by atoms with Crippen molar-refractivity contribution in [1.29, 1.82) is 0 Å². The van der Waals surface area contributed by atoms with Gasteiger partial charge in [0, 0.05) is 25.4 Å². The highest BCUT2D eigenvalue weighted by atomic mass is 16.1. The number of aryl methyl sites for hydroxylation is 1. The van der Waals surface area contributed by atoms with Crippen LogP contribution in [-0.2, 0) is 6.54 Å². The van der Waals surface area contributed by atoms with Crippen LogP contribution in [-0.4, -0.2) is 11.1 Å². The standard InChI is InChI=1S/C16H24N2O/c1-4-18-11-15(5-6-16(18)19)17-10-14-8-12(2)7-13(3)9-14/h5-7,11-12,14,17H,4,8-10H2,1-3H3. The Morgan fingerprint density at radius 3 is 2.89 bits per heavy atom.